The summed E-state index contributed by atoms with van der Waals surface area (Å²) in [6.07, 6.45) is 4.05. The number of imidazole rings is 1. The van der Waals surface area contributed by atoms with Gasteiger partial charge in [0.2, 0.25) is 0 Å². The number of benzene rings is 1. The van der Waals surface area contributed by atoms with Crippen LogP contribution in [0, 0.1) is 0 Å². The average molecular weight is 280 g/mol. The van der Waals surface area contributed by atoms with Crippen molar-refractivity contribution in [2.45, 2.75) is 19.8 Å². The number of carboxylic acids is 1. The van der Waals surface area contributed by atoms with Gasteiger partial charge in [-0.1, -0.05) is 26.0 Å². The van der Waals surface area contributed by atoms with E-state index in [4.69, 9.17) is 5.11 Å². The molecule has 21 heavy (non-hydrogen) atoms. The molecule has 0 saturated carbocycles. The zero-order chi connectivity index (χ0) is 15.0. The number of aromatic nitrogens is 2. The van der Waals surface area contributed by atoms with Crippen molar-refractivity contribution < 1.29 is 9.90 Å². The SMILES string of the molecule is CC(C)c1cn2cc(-c3ccc(C(=O)O)cc3)ccc2n1. The Morgan fingerprint density at radius 2 is 1.71 bits per heavy atom. The first kappa shape index (κ1) is 13.4. The summed E-state index contributed by atoms with van der Waals surface area (Å²) in [7, 11) is 0. The third-order valence-electron chi connectivity index (χ3n) is 3.53. The topological polar surface area (TPSA) is 54.6 Å². The molecule has 0 bridgehead atoms. The van der Waals surface area contributed by atoms with Crippen LogP contribution in [0.2, 0.25) is 0 Å². The van der Waals surface area contributed by atoms with Gasteiger partial charge in [-0.3, -0.25) is 0 Å². The zero-order valence-corrected chi connectivity index (χ0v) is 11.9. The largest absolute Gasteiger partial charge is 0.478 e. The Morgan fingerprint density at radius 1 is 1.05 bits per heavy atom. The van der Waals surface area contributed by atoms with E-state index in [2.05, 4.69) is 18.8 Å². The van der Waals surface area contributed by atoms with Gasteiger partial charge in [-0.05, 0) is 41.3 Å². The molecule has 3 rings (SSSR count). The molecule has 0 atom stereocenters. The molecule has 1 N–H and O–H groups in total. The highest BCUT2D eigenvalue weighted by molar-refractivity contribution is 5.88. The van der Waals surface area contributed by atoms with Crippen LogP contribution in [0.5, 0.6) is 0 Å². The molecule has 0 fully saturated rings. The van der Waals surface area contributed by atoms with E-state index in [1.807, 2.05) is 41.1 Å². The first-order valence-corrected chi connectivity index (χ1v) is 6.87. The van der Waals surface area contributed by atoms with E-state index in [1.165, 1.54) is 0 Å². The lowest BCUT2D eigenvalue weighted by molar-refractivity contribution is 0.0697. The van der Waals surface area contributed by atoms with Gasteiger partial charge in [-0.15, -0.1) is 0 Å². The first-order chi connectivity index (χ1) is 10.0. The van der Waals surface area contributed by atoms with Gasteiger partial charge in [0.15, 0.2) is 0 Å². The molecule has 106 valence electrons. The molecule has 2 aromatic heterocycles. The predicted molar refractivity (Wildman–Crippen MR) is 81.7 cm³/mol. The summed E-state index contributed by atoms with van der Waals surface area (Å²) in [5.74, 6) is -0.517. The van der Waals surface area contributed by atoms with Crippen LogP contribution in [0.15, 0.2) is 48.8 Å². The molecule has 0 aliphatic heterocycles. The van der Waals surface area contributed by atoms with Crippen LogP contribution in [0.25, 0.3) is 16.8 Å². The maximum atomic E-state index is 10.9. The highest BCUT2D eigenvalue weighted by atomic mass is 16.4. The van der Waals surface area contributed by atoms with Gasteiger partial charge >= 0.3 is 5.97 Å². The number of fused-ring (bicyclic) bond motifs is 1. The fourth-order valence-corrected chi connectivity index (χ4v) is 2.27. The molecule has 1 aromatic carbocycles. The van der Waals surface area contributed by atoms with Crippen molar-refractivity contribution in [2.75, 3.05) is 0 Å². The van der Waals surface area contributed by atoms with Crippen LogP contribution in [-0.2, 0) is 0 Å². The lowest BCUT2D eigenvalue weighted by Gasteiger charge is -2.03. The Kier molecular flexibility index (Phi) is 3.22. The molecule has 0 aliphatic rings. The third-order valence-corrected chi connectivity index (χ3v) is 3.53. The number of hydrogen-bond donors (Lipinski definition) is 1. The Morgan fingerprint density at radius 3 is 2.33 bits per heavy atom. The van der Waals surface area contributed by atoms with Crippen molar-refractivity contribution in [1.82, 2.24) is 9.38 Å². The van der Waals surface area contributed by atoms with Crippen molar-refractivity contribution >= 4 is 11.6 Å². The van der Waals surface area contributed by atoms with Crippen molar-refractivity contribution in [1.29, 1.82) is 0 Å². The molecule has 0 amide bonds. The van der Waals surface area contributed by atoms with E-state index in [1.54, 1.807) is 12.1 Å². The van der Waals surface area contributed by atoms with Gasteiger partial charge in [0, 0.05) is 12.4 Å². The van der Waals surface area contributed by atoms with Crippen LogP contribution < -0.4 is 0 Å². The predicted octanol–water partition coefficient (Wildman–Crippen LogP) is 3.82. The molecule has 2 heterocycles. The number of aromatic carboxylic acids is 1. The Labute approximate surface area is 122 Å². The van der Waals surface area contributed by atoms with Gasteiger partial charge < -0.3 is 9.51 Å². The van der Waals surface area contributed by atoms with E-state index in [-0.39, 0.29) is 0 Å². The summed E-state index contributed by atoms with van der Waals surface area (Å²) in [5, 5.41) is 8.93. The number of pyridine rings is 1. The van der Waals surface area contributed by atoms with Crippen molar-refractivity contribution in [2.24, 2.45) is 0 Å². The van der Waals surface area contributed by atoms with E-state index in [0.29, 0.717) is 11.5 Å². The number of rotatable bonds is 3. The Bertz CT molecular complexity index is 801. The summed E-state index contributed by atoms with van der Waals surface area (Å²) in [6.45, 7) is 4.24. The van der Waals surface area contributed by atoms with Gasteiger partial charge in [-0.25, -0.2) is 9.78 Å². The normalized spacial score (nSPS) is 11.2. The minimum atomic E-state index is -0.909. The summed E-state index contributed by atoms with van der Waals surface area (Å²) in [4.78, 5) is 15.4. The number of carboxylic acid groups (broad SMARTS) is 1. The van der Waals surface area contributed by atoms with E-state index in [9.17, 15) is 4.79 Å². The maximum absolute atomic E-state index is 10.9. The monoisotopic (exact) mass is 280 g/mol. The molecule has 4 nitrogen and oxygen atoms in total. The minimum Gasteiger partial charge on any atom is -0.478 e. The minimum absolute atomic E-state index is 0.296. The van der Waals surface area contributed by atoms with Crippen LogP contribution in [0.4, 0.5) is 0 Å². The quantitative estimate of drug-likeness (QED) is 0.793. The van der Waals surface area contributed by atoms with Crippen LogP contribution in [-0.4, -0.2) is 20.5 Å². The fourth-order valence-electron chi connectivity index (χ4n) is 2.27. The van der Waals surface area contributed by atoms with Crippen molar-refractivity contribution in [3.05, 3.63) is 60.0 Å². The number of carbonyl (C=O) groups is 1. The Balaban J connectivity index is 2.01. The van der Waals surface area contributed by atoms with Gasteiger partial charge in [0.05, 0.1) is 11.3 Å². The number of nitrogens with zero attached hydrogens (tertiary/aromatic N) is 2. The summed E-state index contributed by atoms with van der Waals surface area (Å²) in [6, 6.07) is 10.9. The molecule has 0 aliphatic carbocycles. The third kappa shape index (κ3) is 2.52. The zero-order valence-electron chi connectivity index (χ0n) is 11.9. The molecule has 0 spiro atoms. The van der Waals surface area contributed by atoms with Crippen molar-refractivity contribution in [3.8, 4) is 11.1 Å². The highest BCUT2D eigenvalue weighted by Crippen LogP contribution is 2.22. The summed E-state index contributed by atoms with van der Waals surface area (Å²) in [5.41, 5.74) is 4.30. The summed E-state index contributed by atoms with van der Waals surface area (Å²) >= 11 is 0. The molecule has 0 unspecified atom stereocenters. The molecule has 0 saturated heterocycles. The maximum Gasteiger partial charge on any atom is 0.335 e. The number of hydrogen-bond acceptors (Lipinski definition) is 2. The first-order valence-electron chi connectivity index (χ1n) is 6.87. The van der Waals surface area contributed by atoms with Crippen molar-refractivity contribution in [3.63, 3.8) is 0 Å². The molecule has 3 aromatic rings. The molecular weight excluding hydrogens is 264 g/mol. The average Bonchev–Trinajstić information content (AvgIpc) is 2.90. The second-order valence-corrected chi connectivity index (χ2v) is 5.39. The van der Waals surface area contributed by atoms with Crippen LogP contribution in [0.1, 0.15) is 35.8 Å². The van der Waals surface area contributed by atoms with Crippen LogP contribution >= 0.6 is 0 Å². The second-order valence-electron chi connectivity index (χ2n) is 5.39. The van der Waals surface area contributed by atoms with Gasteiger partial charge in [0.1, 0.15) is 5.65 Å². The lowest BCUT2D eigenvalue weighted by atomic mass is 10.1. The van der Waals surface area contributed by atoms with Gasteiger partial charge in [0.25, 0.3) is 0 Å². The van der Waals surface area contributed by atoms with Crippen LogP contribution in [0.3, 0.4) is 0 Å². The fraction of sp³-hybridized carbons (Fsp3) is 0.176. The van der Waals surface area contributed by atoms with E-state index >= 15 is 0 Å². The van der Waals surface area contributed by atoms with E-state index in [0.717, 1.165) is 22.5 Å². The van der Waals surface area contributed by atoms with E-state index < -0.39 is 5.97 Å². The molecular formula is C17H16N2O2. The highest BCUT2D eigenvalue weighted by Gasteiger charge is 2.07. The lowest BCUT2D eigenvalue weighted by Crippen LogP contribution is -1.95. The Hall–Kier alpha value is -2.62. The van der Waals surface area contributed by atoms with Gasteiger partial charge in [-0.2, -0.15) is 0 Å². The second kappa shape index (κ2) is 5.05. The standard InChI is InChI=1S/C17H16N2O2/c1-11(2)15-10-19-9-14(7-8-16(19)18-15)12-3-5-13(6-4-12)17(20)21/h3-11H,1-2H3,(H,20,21). The summed E-state index contributed by atoms with van der Waals surface area (Å²) < 4.78 is 2.01. The smallest absolute Gasteiger partial charge is 0.335 e. The molecule has 4 heteroatoms. The molecule has 0 radical (unpaired) electrons.